The van der Waals surface area contributed by atoms with Crippen molar-refractivity contribution < 1.29 is 5.11 Å². The molecular formula is C12H13NO. The van der Waals surface area contributed by atoms with Gasteiger partial charge in [0.25, 0.3) is 0 Å². The van der Waals surface area contributed by atoms with Gasteiger partial charge in [-0.1, -0.05) is 6.07 Å². The van der Waals surface area contributed by atoms with Crippen molar-refractivity contribution in [1.82, 2.24) is 4.98 Å². The molecule has 0 unspecified atom stereocenters. The summed E-state index contributed by atoms with van der Waals surface area (Å²) in [5.74, 6) is 0.359. The summed E-state index contributed by atoms with van der Waals surface area (Å²) in [6.45, 7) is 3.94. The van der Waals surface area contributed by atoms with Gasteiger partial charge >= 0.3 is 0 Å². The second kappa shape index (κ2) is 3.22. The van der Waals surface area contributed by atoms with Crippen LogP contribution in [0.4, 0.5) is 0 Å². The number of aromatic hydroxyl groups is 1. The predicted octanol–water partition coefficient (Wildman–Crippen LogP) is 3.00. The molecule has 0 fully saturated rings. The molecule has 2 nitrogen and oxygen atoms in total. The number of rotatable bonds is 1. The summed E-state index contributed by atoms with van der Waals surface area (Å²) in [6, 6.07) is 7.83. The lowest BCUT2D eigenvalue weighted by atomic mass is 10.0. The minimum atomic E-state index is 0.359. The van der Waals surface area contributed by atoms with Gasteiger partial charge in [-0.15, -0.1) is 0 Å². The highest BCUT2D eigenvalue weighted by atomic mass is 16.3. The topological polar surface area (TPSA) is 36.0 Å². The summed E-state index contributed by atoms with van der Waals surface area (Å²) in [5, 5.41) is 9.87. The molecule has 0 bridgehead atoms. The summed E-state index contributed by atoms with van der Waals surface area (Å²) in [6.07, 6.45) is 1.85. The third kappa shape index (κ3) is 1.39. The Hall–Kier alpha value is -1.70. The van der Waals surface area contributed by atoms with E-state index in [1.807, 2.05) is 44.3 Å². The summed E-state index contributed by atoms with van der Waals surface area (Å²) in [7, 11) is 0. The van der Waals surface area contributed by atoms with Crippen LogP contribution in [0, 0.1) is 13.8 Å². The van der Waals surface area contributed by atoms with Crippen LogP contribution in [0.25, 0.3) is 11.3 Å². The van der Waals surface area contributed by atoms with E-state index in [1.165, 1.54) is 0 Å². The molecular weight excluding hydrogens is 174 g/mol. The summed E-state index contributed by atoms with van der Waals surface area (Å²) >= 11 is 0. The number of phenolic OH excluding ortho intramolecular Hbond substituents is 1. The number of hydrogen-bond donors (Lipinski definition) is 2. The van der Waals surface area contributed by atoms with Crippen molar-refractivity contribution in [2.24, 2.45) is 0 Å². The molecule has 0 spiro atoms. The van der Waals surface area contributed by atoms with Gasteiger partial charge < -0.3 is 10.1 Å². The third-order valence-corrected chi connectivity index (χ3v) is 2.33. The molecule has 2 N–H and O–H groups in total. The number of benzene rings is 1. The van der Waals surface area contributed by atoms with Gasteiger partial charge in [-0.3, -0.25) is 0 Å². The van der Waals surface area contributed by atoms with E-state index >= 15 is 0 Å². The van der Waals surface area contributed by atoms with Gasteiger partial charge in [0.2, 0.25) is 0 Å². The van der Waals surface area contributed by atoms with Crippen LogP contribution < -0.4 is 0 Å². The van der Waals surface area contributed by atoms with Gasteiger partial charge in [0.05, 0.1) is 0 Å². The fourth-order valence-electron chi connectivity index (χ4n) is 1.66. The van der Waals surface area contributed by atoms with Crippen molar-refractivity contribution in [3.8, 4) is 17.0 Å². The molecule has 0 saturated carbocycles. The fourth-order valence-corrected chi connectivity index (χ4v) is 1.66. The smallest absolute Gasteiger partial charge is 0.127 e. The van der Waals surface area contributed by atoms with Crippen LogP contribution in [0.2, 0.25) is 0 Å². The highest BCUT2D eigenvalue weighted by Crippen LogP contribution is 2.31. The Kier molecular flexibility index (Phi) is 2.04. The molecule has 0 aliphatic rings. The van der Waals surface area contributed by atoms with Gasteiger partial charge in [-0.2, -0.15) is 0 Å². The highest BCUT2D eigenvalue weighted by molar-refractivity contribution is 5.69. The van der Waals surface area contributed by atoms with E-state index in [9.17, 15) is 5.11 Å². The molecule has 2 rings (SSSR count). The lowest BCUT2D eigenvalue weighted by Crippen LogP contribution is -1.84. The second-order valence-electron chi connectivity index (χ2n) is 3.56. The molecule has 2 heteroatoms. The van der Waals surface area contributed by atoms with Crippen molar-refractivity contribution >= 4 is 0 Å². The Morgan fingerprint density at radius 1 is 1.21 bits per heavy atom. The van der Waals surface area contributed by atoms with Crippen LogP contribution in [0.1, 0.15) is 11.1 Å². The number of aromatic nitrogens is 1. The number of aromatic amines is 1. The van der Waals surface area contributed by atoms with Gasteiger partial charge in [0.1, 0.15) is 5.75 Å². The summed E-state index contributed by atoms with van der Waals surface area (Å²) in [4.78, 5) is 3.09. The van der Waals surface area contributed by atoms with Crippen LogP contribution >= 0.6 is 0 Å². The Labute approximate surface area is 83.2 Å². The number of hydrogen-bond acceptors (Lipinski definition) is 1. The molecule has 0 aliphatic heterocycles. The van der Waals surface area contributed by atoms with E-state index in [2.05, 4.69) is 4.98 Å². The normalized spacial score (nSPS) is 10.4. The molecule has 0 saturated heterocycles. The fraction of sp³-hybridized carbons (Fsp3) is 0.167. The molecule has 0 atom stereocenters. The Balaban J connectivity index is 2.64. The standard InChI is InChI=1S/C12H13NO/c1-8-6-9(2)12(14)10(7-8)11-4-3-5-13-11/h3-7,13-14H,1-2H3. The predicted molar refractivity (Wildman–Crippen MR) is 57.4 cm³/mol. The van der Waals surface area contributed by atoms with Crippen LogP contribution in [-0.2, 0) is 0 Å². The number of phenols is 1. The zero-order valence-electron chi connectivity index (χ0n) is 8.33. The lowest BCUT2D eigenvalue weighted by Gasteiger charge is -2.07. The maximum Gasteiger partial charge on any atom is 0.127 e. The molecule has 1 aromatic heterocycles. The van der Waals surface area contributed by atoms with E-state index in [1.54, 1.807) is 0 Å². The van der Waals surface area contributed by atoms with Crippen LogP contribution in [0.5, 0.6) is 5.75 Å². The molecule has 0 amide bonds. The number of H-pyrrole nitrogens is 1. The molecule has 2 aromatic rings. The van der Waals surface area contributed by atoms with E-state index < -0.39 is 0 Å². The van der Waals surface area contributed by atoms with Crippen molar-refractivity contribution in [1.29, 1.82) is 0 Å². The largest absolute Gasteiger partial charge is 0.507 e. The van der Waals surface area contributed by atoms with Crippen LogP contribution in [0.15, 0.2) is 30.5 Å². The van der Waals surface area contributed by atoms with Crippen molar-refractivity contribution in [2.45, 2.75) is 13.8 Å². The first-order valence-corrected chi connectivity index (χ1v) is 4.62. The average molecular weight is 187 g/mol. The second-order valence-corrected chi connectivity index (χ2v) is 3.56. The van der Waals surface area contributed by atoms with Crippen LogP contribution in [0.3, 0.4) is 0 Å². The molecule has 1 aromatic carbocycles. The van der Waals surface area contributed by atoms with Gasteiger partial charge in [0.15, 0.2) is 0 Å². The molecule has 14 heavy (non-hydrogen) atoms. The number of nitrogens with one attached hydrogen (secondary N) is 1. The molecule has 0 radical (unpaired) electrons. The Morgan fingerprint density at radius 3 is 2.64 bits per heavy atom. The SMILES string of the molecule is Cc1cc(C)c(O)c(-c2ccc[nH]2)c1. The van der Waals surface area contributed by atoms with Gasteiger partial charge in [-0.05, 0) is 43.2 Å². The van der Waals surface area contributed by atoms with E-state index in [4.69, 9.17) is 0 Å². The Bertz CT molecular complexity index is 444. The monoisotopic (exact) mass is 187 g/mol. The first-order chi connectivity index (χ1) is 6.68. The molecule has 0 aliphatic carbocycles. The lowest BCUT2D eigenvalue weighted by molar-refractivity contribution is 0.473. The van der Waals surface area contributed by atoms with Crippen LogP contribution in [-0.4, -0.2) is 10.1 Å². The van der Waals surface area contributed by atoms with Gasteiger partial charge in [-0.25, -0.2) is 0 Å². The van der Waals surface area contributed by atoms with E-state index in [-0.39, 0.29) is 0 Å². The zero-order chi connectivity index (χ0) is 10.1. The van der Waals surface area contributed by atoms with Gasteiger partial charge in [0, 0.05) is 17.5 Å². The quantitative estimate of drug-likeness (QED) is 0.707. The molecule has 1 heterocycles. The van der Waals surface area contributed by atoms with Crippen molar-refractivity contribution in [2.75, 3.05) is 0 Å². The average Bonchev–Trinajstić information content (AvgIpc) is 2.63. The molecule has 72 valence electrons. The highest BCUT2D eigenvalue weighted by Gasteiger charge is 2.07. The van der Waals surface area contributed by atoms with Crippen molar-refractivity contribution in [3.63, 3.8) is 0 Å². The minimum Gasteiger partial charge on any atom is -0.507 e. The van der Waals surface area contributed by atoms with Crippen molar-refractivity contribution in [3.05, 3.63) is 41.6 Å². The summed E-state index contributed by atoms with van der Waals surface area (Å²) in [5.41, 5.74) is 3.89. The van der Waals surface area contributed by atoms with E-state index in [0.717, 1.165) is 22.4 Å². The first-order valence-electron chi connectivity index (χ1n) is 4.62. The minimum absolute atomic E-state index is 0.359. The first kappa shape index (κ1) is 8.88. The van der Waals surface area contributed by atoms with E-state index in [0.29, 0.717) is 5.75 Å². The Morgan fingerprint density at radius 2 is 2.00 bits per heavy atom. The maximum atomic E-state index is 9.87. The number of aryl methyl sites for hydroxylation is 2. The maximum absolute atomic E-state index is 9.87. The third-order valence-electron chi connectivity index (χ3n) is 2.33. The zero-order valence-corrected chi connectivity index (χ0v) is 8.33. The summed E-state index contributed by atoms with van der Waals surface area (Å²) < 4.78 is 0.